The maximum absolute atomic E-state index is 13.2. The number of phenolic OH excluding ortho intramolecular Hbond substituents is 1. The topological polar surface area (TPSA) is 69.6 Å². The molecule has 3 unspecified atom stereocenters. The molecule has 2 aromatic carbocycles. The highest BCUT2D eigenvalue weighted by Crippen LogP contribution is 2.51. The van der Waals surface area contributed by atoms with Gasteiger partial charge in [0.2, 0.25) is 10.0 Å². The molecule has 2 N–H and O–H groups in total. The van der Waals surface area contributed by atoms with Crippen LogP contribution in [-0.4, -0.2) is 30.9 Å². The fourth-order valence-corrected chi connectivity index (χ4v) is 5.92. The normalized spacial score (nSPS) is 22.2. The van der Waals surface area contributed by atoms with Gasteiger partial charge in [0.25, 0.3) is 0 Å². The first-order chi connectivity index (χ1) is 14.5. The number of phenols is 1. The van der Waals surface area contributed by atoms with Crippen molar-refractivity contribution in [1.82, 2.24) is 4.31 Å². The van der Waals surface area contributed by atoms with Crippen molar-refractivity contribution in [1.29, 1.82) is 0 Å². The van der Waals surface area contributed by atoms with Gasteiger partial charge in [-0.3, -0.25) is 0 Å². The Bertz CT molecular complexity index is 1100. The minimum atomic E-state index is -3.66. The van der Waals surface area contributed by atoms with Gasteiger partial charge in [0.05, 0.1) is 10.9 Å². The second-order valence-electron chi connectivity index (χ2n) is 7.68. The second kappa shape index (κ2) is 8.13. The highest BCUT2D eigenvalue weighted by molar-refractivity contribution is 7.89. The predicted octanol–water partition coefficient (Wildman–Crippen LogP) is 4.58. The van der Waals surface area contributed by atoms with Crippen molar-refractivity contribution < 1.29 is 13.5 Å². The zero-order valence-corrected chi connectivity index (χ0v) is 17.6. The summed E-state index contributed by atoms with van der Waals surface area (Å²) in [5.41, 5.74) is 2.73. The van der Waals surface area contributed by atoms with E-state index in [1.165, 1.54) is 4.31 Å². The third-order valence-electron chi connectivity index (χ3n) is 5.91. The van der Waals surface area contributed by atoms with Gasteiger partial charge in [-0.1, -0.05) is 42.5 Å². The van der Waals surface area contributed by atoms with E-state index < -0.39 is 10.0 Å². The molecule has 6 heteroatoms. The molecule has 0 amide bonds. The van der Waals surface area contributed by atoms with Gasteiger partial charge in [-0.05, 0) is 42.2 Å². The van der Waals surface area contributed by atoms with Crippen molar-refractivity contribution in [2.45, 2.75) is 23.3 Å². The van der Waals surface area contributed by atoms with Crippen LogP contribution < -0.4 is 5.32 Å². The van der Waals surface area contributed by atoms with Crippen LogP contribution in [-0.2, 0) is 10.0 Å². The number of hydrogen-bond donors (Lipinski definition) is 2. The average molecular weight is 423 g/mol. The van der Waals surface area contributed by atoms with E-state index in [9.17, 15) is 13.5 Å². The largest absolute Gasteiger partial charge is 0.508 e. The van der Waals surface area contributed by atoms with Crippen LogP contribution >= 0.6 is 0 Å². The number of sulfonamides is 1. The van der Waals surface area contributed by atoms with E-state index in [4.69, 9.17) is 0 Å². The van der Waals surface area contributed by atoms with E-state index in [0.29, 0.717) is 0 Å². The molecule has 3 atom stereocenters. The molecule has 2 aliphatic rings. The average Bonchev–Trinajstić information content (AvgIpc) is 3.23. The molecule has 0 fully saturated rings. The molecule has 5 nitrogen and oxygen atoms in total. The molecule has 4 rings (SSSR count). The quantitative estimate of drug-likeness (QED) is 0.641. The van der Waals surface area contributed by atoms with Crippen LogP contribution in [0.15, 0.2) is 84.8 Å². The summed E-state index contributed by atoms with van der Waals surface area (Å²) in [6, 6.07) is 12.6. The van der Waals surface area contributed by atoms with Gasteiger partial charge in [-0.15, -0.1) is 13.2 Å². The number of rotatable bonds is 7. The Labute approximate surface area is 178 Å². The summed E-state index contributed by atoms with van der Waals surface area (Å²) in [5.74, 6) is 0.572. The van der Waals surface area contributed by atoms with Gasteiger partial charge in [0, 0.05) is 30.3 Å². The minimum Gasteiger partial charge on any atom is -0.508 e. The molecule has 0 radical (unpaired) electrons. The van der Waals surface area contributed by atoms with E-state index in [-0.39, 0.29) is 41.6 Å². The summed E-state index contributed by atoms with van der Waals surface area (Å²) < 4.78 is 27.7. The first-order valence-electron chi connectivity index (χ1n) is 10.0. The molecule has 1 heterocycles. The van der Waals surface area contributed by atoms with Gasteiger partial charge >= 0.3 is 0 Å². The van der Waals surface area contributed by atoms with Crippen LogP contribution in [0.3, 0.4) is 0 Å². The van der Waals surface area contributed by atoms with Gasteiger partial charge in [0.15, 0.2) is 0 Å². The lowest BCUT2D eigenvalue weighted by Gasteiger charge is -2.38. The first-order valence-corrected chi connectivity index (χ1v) is 11.5. The molecule has 0 bridgehead atoms. The van der Waals surface area contributed by atoms with E-state index in [1.807, 2.05) is 24.3 Å². The summed E-state index contributed by atoms with van der Waals surface area (Å²) in [6.45, 7) is 7.79. The molecule has 156 valence electrons. The maximum Gasteiger partial charge on any atom is 0.243 e. The third-order valence-corrected chi connectivity index (χ3v) is 7.74. The Balaban J connectivity index is 1.74. The molecule has 2 aromatic rings. The van der Waals surface area contributed by atoms with Crippen LogP contribution in [0.25, 0.3) is 0 Å². The number of allylic oxidation sites excluding steroid dienone is 2. The highest BCUT2D eigenvalue weighted by atomic mass is 32.2. The van der Waals surface area contributed by atoms with Crippen molar-refractivity contribution in [2.24, 2.45) is 5.92 Å². The van der Waals surface area contributed by atoms with Crippen LogP contribution in [0.1, 0.15) is 29.5 Å². The molecule has 0 saturated heterocycles. The number of benzene rings is 2. The van der Waals surface area contributed by atoms with E-state index >= 15 is 0 Å². The van der Waals surface area contributed by atoms with Crippen LogP contribution in [0.5, 0.6) is 5.75 Å². The monoisotopic (exact) mass is 422 g/mol. The van der Waals surface area contributed by atoms with Crippen molar-refractivity contribution in [2.75, 3.05) is 18.4 Å². The lowest BCUT2D eigenvalue weighted by Crippen LogP contribution is -2.32. The molecular weight excluding hydrogens is 396 g/mol. The summed E-state index contributed by atoms with van der Waals surface area (Å²) >= 11 is 0. The highest BCUT2D eigenvalue weighted by Gasteiger charge is 2.39. The third kappa shape index (κ3) is 3.46. The smallest absolute Gasteiger partial charge is 0.243 e. The van der Waals surface area contributed by atoms with Crippen molar-refractivity contribution in [3.8, 4) is 5.75 Å². The zero-order valence-electron chi connectivity index (χ0n) is 16.7. The number of nitrogens with one attached hydrogen (secondary N) is 1. The molecule has 0 saturated carbocycles. The van der Waals surface area contributed by atoms with Crippen LogP contribution in [0.4, 0.5) is 5.69 Å². The Morgan fingerprint density at radius 1 is 1.10 bits per heavy atom. The number of aromatic hydroxyl groups is 1. The maximum atomic E-state index is 13.2. The number of hydrogen-bond acceptors (Lipinski definition) is 4. The lowest BCUT2D eigenvalue weighted by molar-refractivity contribution is 0.402. The number of nitrogens with zero attached hydrogens (tertiary/aromatic N) is 1. The predicted molar refractivity (Wildman–Crippen MR) is 120 cm³/mol. The Morgan fingerprint density at radius 3 is 2.53 bits per heavy atom. The summed E-state index contributed by atoms with van der Waals surface area (Å²) in [6.07, 6.45) is 8.31. The minimum absolute atomic E-state index is 0.0424. The summed E-state index contributed by atoms with van der Waals surface area (Å²) in [5, 5.41) is 13.9. The molecule has 0 aromatic heterocycles. The van der Waals surface area contributed by atoms with Gasteiger partial charge in [-0.25, -0.2) is 8.42 Å². The Morgan fingerprint density at radius 2 is 1.83 bits per heavy atom. The summed E-state index contributed by atoms with van der Waals surface area (Å²) in [4.78, 5) is 0.270. The van der Waals surface area contributed by atoms with Crippen LogP contribution in [0, 0.1) is 5.92 Å². The first kappa shape index (κ1) is 20.4. The molecule has 0 spiro atoms. The lowest BCUT2D eigenvalue weighted by atomic mass is 9.77. The van der Waals surface area contributed by atoms with Crippen molar-refractivity contribution >= 4 is 15.7 Å². The fraction of sp³-hybridized carbons (Fsp3) is 0.250. The van der Waals surface area contributed by atoms with Gasteiger partial charge in [-0.2, -0.15) is 4.31 Å². The van der Waals surface area contributed by atoms with Gasteiger partial charge in [0.1, 0.15) is 5.75 Å². The Hall–Kier alpha value is -2.83. The van der Waals surface area contributed by atoms with E-state index in [0.717, 1.165) is 23.2 Å². The fourth-order valence-electron chi connectivity index (χ4n) is 4.50. The van der Waals surface area contributed by atoms with Gasteiger partial charge < -0.3 is 10.4 Å². The molecule has 1 aliphatic heterocycles. The molecule has 1 aliphatic carbocycles. The zero-order chi connectivity index (χ0) is 21.3. The standard InChI is InChI=1S/C24H26N2O3S/c1-3-14-26(15-4-2)30(28,29)17-12-13-22-21(16-17)18-9-7-10-19(18)24(25-22)20-8-5-6-11-23(20)27/h3-9,11-13,16,18-19,24-25,27H,1-2,10,14-15H2. The van der Waals surface area contributed by atoms with Crippen LogP contribution in [0.2, 0.25) is 0 Å². The Kier molecular flexibility index (Phi) is 5.54. The second-order valence-corrected chi connectivity index (χ2v) is 9.62. The van der Waals surface area contributed by atoms with Crippen molar-refractivity contribution in [3.05, 3.63) is 91.1 Å². The molecule has 30 heavy (non-hydrogen) atoms. The molecular formula is C24H26N2O3S. The van der Waals surface area contributed by atoms with Crippen molar-refractivity contribution in [3.63, 3.8) is 0 Å². The summed E-state index contributed by atoms with van der Waals surface area (Å²) in [7, 11) is -3.66. The van der Waals surface area contributed by atoms with E-state index in [1.54, 1.807) is 30.4 Å². The number of para-hydroxylation sites is 1. The number of fused-ring (bicyclic) bond motifs is 3. The SMILES string of the molecule is C=CCN(CC=C)S(=O)(=O)c1ccc2c(c1)C1C=CCC1C(c1ccccc1O)N2. The van der Waals surface area contributed by atoms with E-state index in [2.05, 4.69) is 30.6 Å². The number of anilines is 1.